The normalized spacial score (nSPS) is 26.7. The molecule has 0 aromatic heterocycles. The fourth-order valence-corrected chi connectivity index (χ4v) is 1.65. The number of halogens is 1. The summed E-state index contributed by atoms with van der Waals surface area (Å²) < 4.78 is 0. The van der Waals surface area contributed by atoms with Gasteiger partial charge in [-0.25, -0.2) is 0 Å². The number of nitrogens with zero attached hydrogens (tertiary/aromatic N) is 2. The van der Waals surface area contributed by atoms with Crippen LogP contribution in [0.3, 0.4) is 0 Å². The zero-order chi connectivity index (χ0) is 11.4. The fourth-order valence-electron chi connectivity index (χ4n) is 1.34. The average Bonchev–Trinajstić information content (AvgIpc) is 2.20. The van der Waals surface area contributed by atoms with Crippen molar-refractivity contribution in [2.24, 2.45) is 16.5 Å². The molecular formula is C8H16ClN5O. The van der Waals surface area contributed by atoms with Gasteiger partial charge in [0.25, 0.3) is 0 Å². The van der Waals surface area contributed by atoms with Gasteiger partial charge in [-0.05, 0) is 12.8 Å². The third-order valence-electron chi connectivity index (χ3n) is 2.25. The van der Waals surface area contributed by atoms with Crippen LogP contribution in [0.4, 0.5) is 0 Å². The molecule has 0 saturated heterocycles. The van der Waals surface area contributed by atoms with Crippen LogP contribution < -0.4 is 11.5 Å². The largest absolute Gasteiger partial charge is 0.396 e. The average molecular weight is 234 g/mol. The Morgan fingerprint density at radius 1 is 1.53 bits per heavy atom. The quantitative estimate of drug-likeness (QED) is 0.291. The van der Waals surface area contributed by atoms with Gasteiger partial charge in [0.05, 0.1) is 6.04 Å². The Morgan fingerprint density at radius 2 is 2.20 bits per heavy atom. The molecule has 0 aliphatic carbocycles. The molecule has 2 unspecified atom stereocenters. The van der Waals surface area contributed by atoms with Crippen LogP contribution in [-0.4, -0.2) is 46.5 Å². The molecule has 1 aliphatic rings. The number of rotatable bonds is 4. The van der Waals surface area contributed by atoms with Gasteiger partial charge in [-0.1, -0.05) is 11.6 Å². The van der Waals surface area contributed by atoms with Crippen LogP contribution >= 0.6 is 11.6 Å². The molecule has 0 saturated carbocycles. The highest BCUT2D eigenvalue weighted by molar-refractivity contribution is 6.25. The van der Waals surface area contributed by atoms with Crippen LogP contribution in [0.25, 0.3) is 0 Å². The van der Waals surface area contributed by atoms with Gasteiger partial charge in [0, 0.05) is 13.2 Å². The number of unbranched alkanes of at least 4 members (excludes halogenated alkanes) is 1. The number of hydrogen-bond acceptors (Lipinski definition) is 4. The molecule has 15 heavy (non-hydrogen) atoms. The van der Waals surface area contributed by atoms with E-state index >= 15 is 0 Å². The Labute approximate surface area is 93.4 Å². The molecular weight excluding hydrogens is 218 g/mol. The van der Waals surface area contributed by atoms with Crippen LogP contribution in [0.5, 0.6) is 0 Å². The summed E-state index contributed by atoms with van der Waals surface area (Å²) in [5.74, 6) is 0.227. The van der Waals surface area contributed by atoms with Crippen LogP contribution in [0, 0.1) is 5.41 Å². The smallest absolute Gasteiger partial charge is 0.220 e. The van der Waals surface area contributed by atoms with E-state index in [2.05, 4.69) is 4.99 Å². The second-order valence-corrected chi connectivity index (χ2v) is 3.83. The van der Waals surface area contributed by atoms with Gasteiger partial charge in [-0.15, -0.1) is 0 Å². The maximum atomic E-state index is 8.64. The van der Waals surface area contributed by atoms with E-state index in [-0.39, 0.29) is 18.4 Å². The molecule has 6 N–H and O–H groups in total. The van der Waals surface area contributed by atoms with Crippen molar-refractivity contribution in [2.45, 2.75) is 24.4 Å². The standard InChI is InChI=1S/C8H16ClN5O/c9-6-5(10)7(11)13-8(12)14(6)3-1-2-4-15/h5-6,15H,1-4,10H2,(H3,11,12,13). The van der Waals surface area contributed by atoms with E-state index in [1.807, 2.05) is 0 Å². The van der Waals surface area contributed by atoms with Crippen molar-refractivity contribution in [1.82, 2.24) is 4.90 Å². The number of alkyl halides is 1. The molecule has 2 atom stereocenters. The minimum absolute atomic E-state index is 0.0344. The van der Waals surface area contributed by atoms with E-state index < -0.39 is 11.5 Å². The Balaban J connectivity index is 2.60. The van der Waals surface area contributed by atoms with Gasteiger partial charge in [0.2, 0.25) is 5.96 Å². The summed E-state index contributed by atoms with van der Waals surface area (Å²) in [7, 11) is 0. The third-order valence-corrected chi connectivity index (χ3v) is 2.76. The van der Waals surface area contributed by atoms with Crippen molar-refractivity contribution in [3.05, 3.63) is 0 Å². The van der Waals surface area contributed by atoms with Crippen LogP contribution in [0.15, 0.2) is 4.99 Å². The zero-order valence-corrected chi connectivity index (χ0v) is 9.11. The lowest BCUT2D eigenvalue weighted by atomic mass is 10.2. The number of aliphatic hydroxyl groups excluding tert-OH is 1. The van der Waals surface area contributed by atoms with Crippen LogP contribution in [-0.2, 0) is 0 Å². The second-order valence-electron chi connectivity index (χ2n) is 3.38. The first-order valence-electron chi connectivity index (χ1n) is 4.77. The molecule has 0 bridgehead atoms. The summed E-state index contributed by atoms with van der Waals surface area (Å²) in [5.41, 5.74) is 10.7. The highest BCUT2D eigenvalue weighted by Gasteiger charge is 2.31. The summed E-state index contributed by atoms with van der Waals surface area (Å²) in [6, 6.07) is -0.546. The molecule has 0 aromatic rings. The van der Waals surface area contributed by atoms with Gasteiger partial charge in [-0.3, -0.25) is 5.41 Å². The molecule has 6 nitrogen and oxygen atoms in total. The molecule has 0 amide bonds. The molecule has 7 heteroatoms. The van der Waals surface area contributed by atoms with Gasteiger partial charge in [0.1, 0.15) is 11.3 Å². The number of aliphatic hydroxyl groups is 1. The van der Waals surface area contributed by atoms with E-state index in [1.54, 1.807) is 4.90 Å². The number of guanidine groups is 1. The molecule has 1 aliphatic heterocycles. The maximum absolute atomic E-state index is 8.64. The Hall–Kier alpha value is -0.850. The van der Waals surface area contributed by atoms with Gasteiger partial charge < -0.3 is 21.5 Å². The number of aliphatic imine (C=N–C) groups is 1. The Kier molecular flexibility index (Phi) is 4.31. The van der Waals surface area contributed by atoms with Crippen molar-refractivity contribution in [2.75, 3.05) is 13.2 Å². The van der Waals surface area contributed by atoms with Crippen LogP contribution in [0.2, 0.25) is 0 Å². The van der Waals surface area contributed by atoms with Crippen molar-refractivity contribution in [3.63, 3.8) is 0 Å². The molecule has 1 heterocycles. The van der Waals surface area contributed by atoms with E-state index in [1.165, 1.54) is 0 Å². The molecule has 1 rings (SSSR count). The zero-order valence-electron chi connectivity index (χ0n) is 8.36. The number of amidine groups is 1. The Morgan fingerprint density at radius 3 is 2.80 bits per heavy atom. The SMILES string of the molecule is N=C1N=C(N)C(N)C(Cl)N1CCCCO. The fraction of sp³-hybridized carbons (Fsp3) is 0.750. The maximum Gasteiger partial charge on any atom is 0.220 e. The van der Waals surface area contributed by atoms with E-state index in [0.717, 1.165) is 6.42 Å². The minimum atomic E-state index is -0.546. The summed E-state index contributed by atoms with van der Waals surface area (Å²) in [6.07, 6.45) is 1.41. The summed E-state index contributed by atoms with van der Waals surface area (Å²) in [5, 5.41) is 16.2. The molecule has 0 radical (unpaired) electrons. The molecule has 0 fully saturated rings. The lowest BCUT2D eigenvalue weighted by Crippen LogP contribution is -2.57. The lowest BCUT2D eigenvalue weighted by molar-refractivity contribution is 0.270. The van der Waals surface area contributed by atoms with Crippen molar-refractivity contribution in [1.29, 1.82) is 5.41 Å². The lowest BCUT2D eigenvalue weighted by Gasteiger charge is -2.34. The third kappa shape index (κ3) is 2.80. The first-order valence-corrected chi connectivity index (χ1v) is 5.21. The van der Waals surface area contributed by atoms with Gasteiger partial charge >= 0.3 is 0 Å². The number of nitrogens with one attached hydrogen (secondary N) is 1. The molecule has 86 valence electrons. The topological polar surface area (TPSA) is 112 Å². The first kappa shape index (κ1) is 12.2. The number of nitrogens with two attached hydrogens (primary N) is 2. The highest BCUT2D eigenvalue weighted by Crippen LogP contribution is 2.15. The van der Waals surface area contributed by atoms with Crippen molar-refractivity contribution >= 4 is 23.4 Å². The monoisotopic (exact) mass is 233 g/mol. The van der Waals surface area contributed by atoms with Crippen molar-refractivity contribution < 1.29 is 5.11 Å². The van der Waals surface area contributed by atoms with Crippen LogP contribution in [0.1, 0.15) is 12.8 Å². The minimum Gasteiger partial charge on any atom is -0.396 e. The molecule has 0 aromatic carbocycles. The summed E-state index contributed by atoms with van der Waals surface area (Å²) in [6.45, 7) is 0.684. The number of hydrogen-bond donors (Lipinski definition) is 4. The van der Waals surface area contributed by atoms with Gasteiger partial charge in [-0.2, -0.15) is 4.99 Å². The first-order chi connectivity index (χ1) is 7.07. The predicted molar refractivity (Wildman–Crippen MR) is 60.0 cm³/mol. The summed E-state index contributed by atoms with van der Waals surface area (Å²) >= 11 is 6.04. The van der Waals surface area contributed by atoms with Crippen molar-refractivity contribution in [3.8, 4) is 0 Å². The Bertz CT molecular complexity index is 270. The molecule has 0 spiro atoms. The predicted octanol–water partition coefficient (Wildman–Crippen LogP) is -0.741. The van der Waals surface area contributed by atoms with E-state index in [9.17, 15) is 0 Å². The summed E-state index contributed by atoms with van der Waals surface area (Å²) in [4.78, 5) is 5.39. The van der Waals surface area contributed by atoms with Gasteiger partial charge in [0.15, 0.2) is 0 Å². The highest BCUT2D eigenvalue weighted by atomic mass is 35.5. The van der Waals surface area contributed by atoms with E-state index in [0.29, 0.717) is 13.0 Å². The second kappa shape index (κ2) is 5.29. The van der Waals surface area contributed by atoms with E-state index in [4.69, 9.17) is 33.6 Å².